The highest BCUT2D eigenvalue weighted by molar-refractivity contribution is 5.97. The highest BCUT2D eigenvalue weighted by atomic mass is 16.6. The van der Waals surface area contributed by atoms with Crippen molar-refractivity contribution in [3.05, 3.63) is 33.7 Å². The van der Waals surface area contributed by atoms with E-state index in [9.17, 15) is 9.59 Å². The lowest BCUT2D eigenvalue weighted by Gasteiger charge is -2.19. The van der Waals surface area contributed by atoms with Crippen molar-refractivity contribution in [1.29, 1.82) is 0 Å². The Morgan fingerprint density at radius 1 is 1.31 bits per heavy atom. The first-order chi connectivity index (χ1) is 7.75. The van der Waals surface area contributed by atoms with Crippen molar-refractivity contribution < 1.29 is 9.53 Å². The lowest BCUT2D eigenvalue weighted by Crippen LogP contribution is -2.29. The Morgan fingerprint density at radius 3 is 2.88 bits per heavy atom. The van der Waals surface area contributed by atoms with Crippen LogP contribution in [-0.4, -0.2) is 23.1 Å². The van der Waals surface area contributed by atoms with E-state index in [0.717, 1.165) is 30.7 Å². The largest absolute Gasteiger partial charge is 0.371 e. The maximum atomic E-state index is 11.8. The van der Waals surface area contributed by atoms with Gasteiger partial charge in [0.1, 0.15) is 0 Å². The van der Waals surface area contributed by atoms with Gasteiger partial charge in [0.05, 0.1) is 19.3 Å². The van der Waals surface area contributed by atoms with Crippen molar-refractivity contribution >= 4 is 5.78 Å². The monoisotopic (exact) mass is 219 g/mol. The zero-order valence-electron chi connectivity index (χ0n) is 8.94. The molecule has 1 saturated heterocycles. The fraction of sp³-hybridized carbons (Fsp3) is 0.500. The summed E-state index contributed by atoms with van der Waals surface area (Å²) in [7, 11) is 0. The third kappa shape index (κ3) is 1.59. The van der Waals surface area contributed by atoms with Gasteiger partial charge in [-0.25, -0.2) is 0 Å². The Bertz CT molecular complexity index is 499. The number of pyridine rings is 1. The molecular weight excluding hydrogens is 206 g/mol. The third-order valence-electron chi connectivity index (χ3n) is 3.20. The zero-order chi connectivity index (χ0) is 11.1. The van der Waals surface area contributed by atoms with Gasteiger partial charge in [-0.15, -0.1) is 0 Å². The summed E-state index contributed by atoms with van der Waals surface area (Å²) in [5.74, 6) is 0.159. The van der Waals surface area contributed by atoms with Crippen LogP contribution in [0, 0.1) is 0 Å². The van der Waals surface area contributed by atoms with Gasteiger partial charge in [-0.3, -0.25) is 9.59 Å². The van der Waals surface area contributed by atoms with Gasteiger partial charge in [-0.2, -0.15) is 0 Å². The van der Waals surface area contributed by atoms with Crippen LogP contribution in [0.4, 0.5) is 0 Å². The van der Waals surface area contributed by atoms with E-state index in [2.05, 4.69) is 0 Å². The number of carbonyl (C=O) groups is 1. The van der Waals surface area contributed by atoms with E-state index in [0.29, 0.717) is 13.0 Å². The van der Waals surface area contributed by atoms with E-state index in [-0.39, 0.29) is 17.4 Å². The predicted octanol–water partition coefficient (Wildman–Crippen LogP) is 0.766. The van der Waals surface area contributed by atoms with Gasteiger partial charge >= 0.3 is 0 Å². The molecule has 0 N–H and O–H groups in total. The van der Waals surface area contributed by atoms with Gasteiger partial charge in [0.2, 0.25) is 0 Å². The first-order valence-electron chi connectivity index (χ1n) is 5.63. The fourth-order valence-electron chi connectivity index (χ4n) is 2.27. The van der Waals surface area contributed by atoms with Crippen molar-refractivity contribution in [2.24, 2.45) is 0 Å². The van der Waals surface area contributed by atoms with Crippen molar-refractivity contribution in [2.75, 3.05) is 6.61 Å². The second-order valence-electron chi connectivity index (χ2n) is 4.37. The van der Waals surface area contributed by atoms with E-state index >= 15 is 0 Å². The molecular formula is C12H13NO3. The molecule has 0 spiro atoms. The molecule has 0 amide bonds. The fourth-order valence-corrected chi connectivity index (χ4v) is 2.27. The Balaban J connectivity index is 2.09. The molecule has 1 aromatic heterocycles. The van der Waals surface area contributed by atoms with Crippen LogP contribution in [0.15, 0.2) is 16.9 Å². The number of hydrogen-bond donors (Lipinski definition) is 0. The van der Waals surface area contributed by atoms with Gasteiger partial charge in [0.15, 0.2) is 5.78 Å². The average Bonchev–Trinajstić information content (AvgIpc) is 3.07. The van der Waals surface area contributed by atoms with Crippen LogP contribution in [0.1, 0.15) is 28.9 Å². The Kier molecular flexibility index (Phi) is 2.17. The van der Waals surface area contributed by atoms with E-state index in [1.807, 2.05) is 0 Å². The number of rotatable bonds is 2. The second kappa shape index (κ2) is 3.56. The number of aromatic nitrogens is 1. The number of ketones is 1. The van der Waals surface area contributed by atoms with Crippen molar-refractivity contribution in [2.45, 2.75) is 31.9 Å². The van der Waals surface area contributed by atoms with Crippen LogP contribution in [0.5, 0.6) is 0 Å². The molecule has 0 radical (unpaired) electrons. The van der Waals surface area contributed by atoms with Crippen molar-refractivity contribution in [3.63, 3.8) is 0 Å². The molecule has 4 heteroatoms. The molecule has 1 atom stereocenters. The van der Waals surface area contributed by atoms with Gasteiger partial charge in [-0.1, -0.05) is 0 Å². The van der Waals surface area contributed by atoms with Crippen molar-refractivity contribution in [3.8, 4) is 0 Å². The lowest BCUT2D eigenvalue weighted by atomic mass is 9.94. The first-order valence-corrected chi connectivity index (χ1v) is 5.63. The molecule has 84 valence electrons. The summed E-state index contributed by atoms with van der Waals surface area (Å²) in [4.78, 5) is 23.5. The molecule has 3 rings (SSSR count). The minimum atomic E-state index is -0.0241. The number of nitrogens with zero attached hydrogens (tertiary/aromatic N) is 1. The van der Waals surface area contributed by atoms with Gasteiger partial charge in [0.25, 0.3) is 5.56 Å². The van der Waals surface area contributed by atoms with Crippen LogP contribution in [0.3, 0.4) is 0 Å². The molecule has 1 aliphatic carbocycles. The van der Waals surface area contributed by atoms with Crippen LogP contribution in [-0.2, 0) is 17.7 Å². The topological polar surface area (TPSA) is 51.6 Å². The number of hydrogen-bond acceptors (Lipinski definition) is 3. The number of Topliss-reactive ketones (excluding diaryl/α,β-unsaturated/α-hetero) is 1. The smallest absolute Gasteiger partial charge is 0.250 e. The van der Waals surface area contributed by atoms with Crippen LogP contribution in [0.25, 0.3) is 0 Å². The SMILES string of the molecule is O=C1CCCc2c1ccc(=O)n2CC1CO1. The Labute approximate surface area is 92.8 Å². The molecule has 0 aromatic carbocycles. The zero-order valence-corrected chi connectivity index (χ0v) is 8.94. The molecule has 1 aromatic rings. The normalized spacial score (nSPS) is 23.0. The highest BCUT2D eigenvalue weighted by Gasteiger charge is 2.27. The number of epoxide rings is 1. The minimum absolute atomic E-state index is 0.0241. The van der Waals surface area contributed by atoms with Crippen LogP contribution >= 0.6 is 0 Å². The maximum absolute atomic E-state index is 11.8. The molecule has 0 bridgehead atoms. The standard InChI is InChI=1S/C12H13NO3/c14-11-3-1-2-10-9(11)4-5-12(15)13(10)6-8-7-16-8/h4-5,8H,1-3,6-7H2. The van der Waals surface area contributed by atoms with Gasteiger partial charge in [0, 0.05) is 23.7 Å². The number of carbonyl (C=O) groups excluding carboxylic acids is 1. The molecule has 2 heterocycles. The first kappa shape index (κ1) is 9.78. The van der Waals surface area contributed by atoms with E-state index < -0.39 is 0 Å². The molecule has 1 aliphatic heterocycles. The average molecular weight is 219 g/mol. The maximum Gasteiger partial charge on any atom is 0.250 e. The second-order valence-corrected chi connectivity index (χ2v) is 4.37. The molecule has 1 unspecified atom stereocenters. The van der Waals surface area contributed by atoms with Gasteiger partial charge in [-0.05, 0) is 18.9 Å². The van der Waals surface area contributed by atoms with E-state index in [1.54, 1.807) is 10.6 Å². The highest BCUT2D eigenvalue weighted by Crippen LogP contribution is 2.21. The summed E-state index contributed by atoms with van der Waals surface area (Å²) in [6.07, 6.45) is 2.44. The summed E-state index contributed by atoms with van der Waals surface area (Å²) < 4.78 is 6.85. The summed E-state index contributed by atoms with van der Waals surface area (Å²) in [6, 6.07) is 3.16. The van der Waals surface area contributed by atoms with Crippen LogP contribution < -0.4 is 5.56 Å². The molecule has 4 nitrogen and oxygen atoms in total. The molecule has 2 aliphatic rings. The lowest BCUT2D eigenvalue weighted by molar-refractivity contribution is 0.0970. The summed E-state index contributed by atoms with van der Waals surface area (Å²) in [6.45, 7) is 1.32. The van der Waals surface area contributed by atoms with E-state index in [4.69, 9.17) is 4.74 Å². The molecule has 1 fully saturated rings. The Hall–Kier alpha value is -1.42. The number of fused-ring (bicyclic) bond motifs is 1. The molecule has 16 heavy (non-hydrogen) atoms. The quantitative estimate of drug-likeness (QED) is 0.690. The third-order valence-corrected chi connectivity index (χ3v) is 3.20. The Morgan fingerprint density at radius 2 is 2.12 bits per heavy atom. The molecule has 0 saturated carbocycles. The summed E-state index contributed by atoms with van der Waals surface area (Å²) >= 11 is 0. The predicted molar refractivity (Wildman–Crippen MR) is 57.7 cm³/mol. The van der Waals surface area contributed by atoms with Gasteiger partial charge < -0.3 is 9.30 Å². The number of ether oxygens (including phenoxy) is 1. The minimum Gasteiger partial charge on any atom is -0.371 e. The summed E-state index contributed by atoms with van der Waals surface area (Å²) in [5.41, 5.74) is 1.61. The van der Waals surface area contributed by atoms with E-state index in [1.165, 1.54) is 6.07 Å². The summed E-state index contributed by atoms with van der Waals surface area (Å²) in [5, 5.41) is 0. The van der Waals surface area contributed by atoms with Crippen molar-refractivity contribution in [1.82, 2.24) is 4.57 Å². The van der Waals surface area contributed by atoms with Crippen LogP contribution in [0.2, 0.25) is 0 Å².